The zero-order valence-corrected chi connectivity index (χ0v) is 16.2. The number of ether oxygens (including phenoxy) is 1. The lowest BCUT2D eigenvalue weighted by molar-refractivity contribution is -0.117. The predicted molar refractivity (Wildman–Crippen MR) is 109 cm³/mol. The Labute approximate surface area is 164 Å². The van der Waals surface area contributed by atoms with Crippen LogP contribution in [0.25, 0.3) is 0 Å². The molecule has 0 aromatic heterocycles. The molecule has 2 rings (SSSR count). The maximum absolute atomic E-state index is 12.1. The zero-order chi connectivity index (χ0) is 20.5. The van der Waals surface area contributed by atoms with Crippen LogP contribution in [-0.4, -0.2) is 31.4 Å². The van der Waals surface area contributed by atoms with Gasteiger partial charge in [0, 0.05) is 23.5 Å². The van der Waals surface area contributed by atoms with Crippen molar-refractivity contribution < 1.29 is 19.1 Å². The quantitative estimate of drug-likeness (QED) is 0.606. The van der Waals surface area contributed by atoms with E-state index in [2.05, 4.69) is 20.7 Å². The fraction of sp³-hybridized carbons (Fsp3) is 0.286. The van der Waals surface area contributed by atoms with Crippen LogP contribution in [0.5, 0.6) is 0 Å². The lowest BCUT2D eigenvalue weighted by Gasteiger charge is -2.10. The molecule has 0 bridgehead atoms. The Morgan fingerprint density at radius 1 is 0.821 bits per heavy atom. The molecule has 0 aliphatic rings. The van der Waals surface area contributed by atoms with Gasteiger partial charge in [0.05, 0.1) is 19.2 Å². The Kier molecular flexibility index (Phi) is 7.56. The van der Waals surface area contributed by atoms with Crippen molar-refractivity contribution in [3.05, 3.63) is 54.1 Å². The summed E-state index contributed by atoms with van der Waals surface area (Å²) in [5.41, 5.74) is 2.48. The number of anilines is 3. The van der Waals surface area contributed by atoms with Crippen molar-refractivity contribution in [2.75, 3.05) is 29.6 Å². The minimum absolute atomic E-state index is 0.0201. The fourth-order valence-electron chi connectivity index (χ4n) is 2.45. The highest BCUT2D eigenvalue weighted by Crippen LogP contribution is 2.15. The SMILES string of the molecule is COC(=O)c1ccc(NC(=O)CNc2ccc(NC(=O)CC(C)C)cc2)cc1. The van der Waals surface area contributed by atoms with Crippen molar-refractivity contribution in [1.29, 1.82) is 0 Å². The molecule has 0 unspecified atom stereocenters. The molecule has 3 N–H and O–H groups in total. The molecule has 0 aliphatic heterocycles. The number of methoxy groups -OCH3 is 1. The molecule has 0 saturated heterocycles. The molecular weight excluding hydrogens is 358 g/mol. The molecule has 2 amide bonds. The summed E-state index contributed by atoms with van der Waals surface area (Å²) in [6.07, 6.45) is 0.473. The van der Waals surface area contributed by atoms with Crippen LogP contribution in [0.4, 0.5) is 17.1 Å². The van der Waals surface area contributed by atoms with Crippen molar-refractivity contribution >= 4 is 34.8 Å². The highest BCUT2D eigenvalue weighted by molar-refractivity contribution is 5.95. The molecule has 0 fully saturated rings. The number of carbonyl (C=O) groups is 3. The highest BCUT2D eigenvalue weighted by Gasteiger charge is 2.07. The molecule has 2 aromatic carbocycles. The molecule has 0 heterocycles. The van der Waals surface area contributed by atoms with Gasteiger partial charge in [-0.25, -0.2) is 4.79 Å². The van der Waals surface area contributed by atoms with Gasteiger partial charge in [-0.3, -0.25) is 9.59 Å². The van der Waals surface area contributed by atoms with Gasteiger partial charge in [0.25, 0.3) is 0 Å². The minimum Gasteiger partial charge on any atom is -0.465 e. The van der Waals surface area contributed by atoms with Crippen LogP contribution in [0, 0.1) is 5.92 Å². The van der Waals surface area contributed by atoms with Gasteiger partial charge in [-0.15, -0.1) is 0 Å². The largest absolute Gasteiger partial charge is 0.465 e. The number of nitrogens with one attached hydrogen (secondary N) is 3. The van der Waals surface area contributed by atoms with E-state index in [1.807, 2.05) is 13.8 Å². The van der Waals surface area contributed by atoms with E-state index in [1.165, 1.54) is 7.11 Å². The first-order chi connectivity index (χ1) is 13.4. The van der Waals surface area contributed by atoms with Gasteiger partial charge in [0.15, 0.2) is 0 Å². The van der Waals surface area contributed by atoms with E-state index in [4.69, 9.17) is 0 Å². The lowest BCUT2D eigenvalue weighted by Crippen LogP contribution is -2.21. The van der Waals surface area contributed by atoms with Crippen molar-refractivity contribution in [3.8, 4) is 0 Å². The Bertz CT molecular complexity index is 815. The Morgan fingerprint density at radius 3 is 1.86 bits per heavy atom. The van der Waals surface area contributed by atoms with E-state index in [0.717, 1.165) is 5.69 Å². The second-order valence-electron chi connectivity index (χ2n) is 6.69. The van der Waals surface area contributed by atoms with Crippen LogP contribution in [-0.2, 0) is 14.3 Å². The second-order valence-corrected chi connectivity index (χ2v) is 6.69. The molecule has 0 spiro atoms. The maximum Gasteiger partial charge on any atom is 0.337 e. The van der Waals surface area contributed by atoms with Crippen LogP contribution in [0.3, 0.4) is 0 Å². The third-order valence-electron chi connectivity index (χ3n) is 3.81. The summed E-state index contributed by atoms with van der Waals surface area (Å²) >= 11 is 0. The fourth-order valence-corrected chi connectivity index (χ4v) is 2.45. The summed E-state index contributed by atoms with van der Waals surface area (Å²) in [7, 11) is 1.32. The number of esters is 1. The number of amides is 2. The molecule has 0 saturated carbocycles. The minimum atomic E-state index is -0.427. The standard InChI is InChI=1S/C21H25N3O4/c1-14(2)12-19(25)23-18-10-8-16(9-11-18)22-13-20(26)24-17-6-4-15(5-7-17)21(27)28-3/h4-11,14,22H,12-13H2,1-3H3,(H,23,25)(H,24,26). The first-order valence-electron chi connectivity index (χ1n) is 8.99. The van der Waals surface area contributed by atoms with E-state index in [1.54, 1.807) is 48.5 Å². The van der Waals surface area contributed by atoms with Crippen LogP contribution >= 0.6 is 0 Å². The first kappa shape index (κ1) is 21.0. The van der Waals surface area contributed by atoms with Gasteiger partial charge in [-0.05, 0) is 54.4 Å². The number of benzene rings is 2. The van der Waals surface area contributed by atoms with Crippen molar-refractivity contribution in [2.45, 2.75) is 20.3 Å². The first-order valence-corrected chi connectivity index (χ1v) is 8.99. The van der Waals surface area contributed by atoms with Crippen LogP contribution in [0.1, 0.15) is 30.6 Å². The Morgan fingerprint density at radius 2 is 1.32 bits per heavy atom. The second kappa shape index (κ2) is 10.1. The normalized spacial score (nSPS) is 10.3. The predicted octanol–water partition coefficient (Wildman–Crippen LogP) is 3.51. The Balaban J connectivity index is 1.80. The average Bonchev–Trinajstić information content (AvgIpc) is 2.66. The molecule has 7 nitrogen and oxygen atoms in total. The monoisotopic (exact) mass is 383 g/mol. The third kappa shape index (κ3) is 6.75. The molecule has 0 radical (unpaired) electrons. The van der Waals surface area contributed by atoms with E-state index in [0.29, 0.717) is 29.3 Å². The highest BCUT2D eigenvalue weighted by atomic mass is 16.5. The molecular formula is C21H25N3O4. The van der Waals surface area contributed by atoms with E-state index >= 15 is 0 Å². The van der Waals surface area contributed by atoms with Gasteiger partial charge in [-0.1, -0.05) is 13.8 Å². The van der Waals surface area contributed by atoms with Crippen LogP contribution in [0.15, 0.2) is 48.5 Å². The summed E-state index contributed by atoms with van der Waals surface area (Å²) in [5.74, 6) is -0.368. The number of hydrogen-bond donors (Lipinski definition) is 3. The van der Waals surface area contributed by atoms with Gasteiger partial charge in [0.1, 0.15) is 0 Å². The number of hydrogen-bond acceptors (Lipinski definition) is 5. The summed E-state index contributed by atoms with van der Waals surface area (Å²) in [5, 5.41) is 8.59. The number of carbonyl (C=O) groups excluding carboxylic acids is 3. The summed E-state index contributed by atoms with van der Waals surface area (Å²) in [6, 6.07) is 13.6. The molecule has 0 atom stereocenters. The zero-order valence-electron chi connectivity index (χ0n) is 16.2. The summed E-state index contributed by atoms with van der Waals surface area (Å²) in [4.78, 5) is 35.2. The maximum atomic E-state index is 12.1. The molecule has 0 aliphatic carbocycles. The summed E-state index contributed by atoms with van der Waals surface area (Å²) < 4.78 is 4.63. The lowest BCUT2D eigenvalue weighted by atomic mass is 10.1. The van der Waals surface area contributed by atoms with Gasteiger partial charge >= 0.3 is 5.97 Å². The van der Waals surface area contributed by atoms with Gasteiger partial charge in [-0.2, -0.15) is 0 Å². The van der Waals surface area contributed by atoms with Crippen LogP contribution < -0.4 is 16.0 Å². The van der Waals surface area contributed by atoms with E-state index in [9.17, 15) is 14.4 Å². The van der Waals surface area contributed by atoms with E-state index in [-0.39, 0.29) is 18.4 Å². The van der Waals surface area contributed by atoms with Gasteiger partial charge < -0.3 is 20.7 Å². The molecule has 28 heavy (non-hydrogen) atoms. The summed E-state index contributed by atoms with van der Waals surface area (Å²) in [6.45, 7) is 4.06. The number of rotatable bonds is 8. The Hall–Kier alpha value is -3.35. The van der Waals surface area contributed by atoms with E-state index < -0.39 is 5.97 Å². The van der Waals surface area contributed by atoms with Crippen molar-refractivity contribution in [3.63, 3.8) is 0 Å². The van der Waals surface area contributed by atoms with Crippen LogP contribution in [0.2, 0.25) is 0 Å². The topological polar surface area (TPSA) is 96.5 Å². The smallest absolute Gasteiger partial charge is 0.337 e. The van der Waals surface area contributed by atoms with Crippen molar-refractivity contribution in [1.82, 2.24) is 0 Å². The molecule has 2 aromatic rings. The average molecular weight is 383 g/mol. The van der Waals surface area contributed by atoms with Crippen molar-refractivity contribution in [2.24, 2.45) is 5.92 Å². The van der Waals surface area contributed by atoms with Gasteiger partial charge in [0.2, 0.25) is 11.8 Å². The molecule has 148 valence electrons. The molecule has 7 heteroatoms. The third-order valence-corrected chi connectivity index (χ3v) is 3.81.